The van der Waals surface area contributed by atoms with Crippen molar-refractivity contribution in [2.45, 2.75) is 44.6 Å². The maximum atomic E-state index is 11.5. The summed E-state index contributed by atoms with van der Waals surface area (Å²) in [4.78, 5) is 0. The average molecular weight is 221 g/mol. The minimum absolute atomic E-state index is 0.0850. The SMILES string of the molecule is CCCCS(=O)(=O)NC1(CO)CCC1. The van der Waals surface area contributed by atoms with Crippen LogP contribution < -0.4 is 4.72 Å². The zero-order chi connectivity index (χ0) is 10.7. The van der Waals surface area contributed by atoms with E-state index < -0.39 is 15.6 Å². The van der Waals surface area contributed by atoms with Crippen molar-refractivity contribution >= 4 is 10.0 Å². The lowest BCUT2D eigenvalue weighted by molar-refractivity contribution is 0.110. The van der Waals surface area contributed by atoms with Crippen LogP contribution in [0.3, 0.4) is 0 Å². The van der Waals surface area contributed by atoms with Gasteiger partial charge in [-0.1, -0.05) is 13.3 Å². The third-order valence-electron chi connectivity index (χ3n) is 2.75. The van der Waals surface area contributed by atoms with E-state index in [0.717, 1.165) is 25.7 Å². The number of aliphatic hydroxyl groups is 1. The van der Waals surface area contributed by atoms with Crippen LogP contribution in [-0.2, 0) is 10.0 Å². The van der Waals surface area contributed by atoms with Gasteiger partial charge in [0.2, 0.25) is 10.0 Å². The predicted octanol–water partition coefficient (Wildman–Crippen LogP) is 0.621. The summed E-state index contributed by atoms with van der Waals surface area (Å²) in [5.41, 5.74) is -0.535. The lowest BCUT2D eigenvalue weighted by Gasteiger charge is -2.40. The molecule has 4 nitrogen and oxygen atoms in total. The van der Waals surface area contributed by atoms with Crippen LogP contribution >= 0.6 is 0 Å². The summed E-state index contributed by atoms with van der Waals surface area (Å²) in [5.74, 6) is 0.172. The Bertz CT molecular complexity index is 264. The standard InChI is InChI=1S/C9H19NO3S/c1-2-3-7-14(12,13)10-9(8-11)5-4-6-9/h10-11H,2-8H2,1H3. The van der Waals surface area contributed by atoms with Gasteiger partial charge in [0.15, 0.2) is 0 Å². The van der Waals surface area contributed by atoms with Gasteiger partial charge in [0, 0.05) is 0 Å². The zero-order valence-electron chi connectivity index (χ0n) is 8.62. The Morgan fingerprint density at radius 1 is 1.43 bits per heavy atom. The van der Waals surface area contributed by atoms with Crippen LogP contribution in [-0.4, -0.2) is 31.4 Å². The average Bonchev–Trinajstić information content (AvgIpc) is 2.08. The van der Waals surface area contributed by atoms with Gasteiger partial charge in [0.25, 0.3) is 0 Å². The van der Waals surface area contributed by atoms with Crippen LogP contribution in [0.5, 0.6) is 0 Å². The molecule has 0 unspecified atom stereocenters. The van der Waals surface area contributed by atoms with Gasteiger partial charge in [0.05, 0.1) is 17.9 Å². The van der Waals surface area contributed by atoms with Gasteiger partial charge in [-0.25, -0.2) is 13.1 Å². The van der Waals surface area contributed by atoms with Gasteiger partial charge in [-0.05, 0) is 25.7 Å². The van der Waals surface area contributed by atoms with Gasteiger partial charge in [-0.3, -0.25) is 0 Å². The van der Waals surface area contributed by atoms with E-state index in [4.69, 9.17) is 5.11 Å². The topological polar surface area (TPSA) is 66.4 Å². The fraction of sp³-hybridized carbons (Fsp3) is 1.00. The third kappa shape index (κ3) is 2.93. The molecule has 1 rings (SSSR count). The summed E-state index contributed by atoms with van der Waals surface area (Å²) in [7, 11) is -3.18. The van der Waals surface area contributed by atoms with Crippen LogP contribution in [0.15, 0.2) is 0 Å². The first-order valence-corrected chi connectivity index (χ1v) is 6.81. The van der Waals surface area contributed by atoms with E-state index in [1.54, 1.807) is 0 Å². The zero-order valence-corrected chi connectivity index (χ0v) is 9.44. The molecule has 0 atom stereocenters. The monoisotopic (exact) mass is 221 g/mol. The summed E-state index contributed by atoms with van der Waals surface area (Å²) in [6, 6.07) is 0. The predicted molar refractivity (Wildman–Crippen MR) is 55.5 cm³/mol. The maximum absolute atomic E-state index is 11.5. The molecule has 84 valence electrons. The summed E-state index contributed by atoms with van der Waals surface area (Å²) >= 11 is 0. The molecule has 1 saturated carbocycles. The number of rotatable bonds is 6. The maximum Gasteiger partial charge on any atom is 0.212 e. The van der Waals surface area contributed by atoms with E-state index >= 15 is 0 Å². The Morgan fingerprint density at radius 2 is 2.07 bits per heavy atom. The molecule has 0 radical (unpaired) electrons. The molecule has 0 aromatic heterocycles. The van der Waals surface area contributed by atoms with E-state index in [1.165, 1.54) is 0 Å². The first kappa shape index (κ1) is 11.9. The number of hydrogen-bond acceptors (Lipinski definition) is 3. The Labute approximate surface area is 85.8 Å². The molecule has 1 fully saturated rings. The molecule has 2 N–H and O–H groups in total. The Balaban J connectivity index is 2.49. The highest BCUT2D eigenvalue weighted by atomic mass is 32.2. The summed E-state index contributed by atoms with van der Waals surface area (Å²) in [5, 5.41) is 9.10. The van der Waals surface area contributed by atoms with Gasteiger partial charge < -0.3 is 5.11 Å². The quantitative estimate of drug-likeness (QED) is 0.691. The first-order valence-electron chi connectivity index (χ1n) is 5.16. The number of unbranched alkanes of at least 4 members (excludes halogenated alkanes) is 1. The van der Waals surface area contributed by atoms with Crippen LogP contribution in [0.4, 0.5) is 0 Å². The summed E-state index contributed by atoms with van der Waals surface area (Å²) in [6.45, 7) is 1.87. The van der Waals surface area contributed by atoms with E-state index in [-0.39, 0.29) is 12.4 Å². The number of aliphatic hydroxyl groups excluding tert-OH is 1. The molecule has 0 spiro atoms. The van der Waals surface area contributed by atoms with Crippen LogP contribution in [0.2, 0.25) is 0 Å². The Kier molecular flexibility index (Phi) is 3.92. The van der Waals surface area contributed by atoms with Crippen molar-refractivity contribution in [2.75, 3.05) is 12.4 Å². The molecular formula is C9H19NO3S. The van der Waals surface area contributed by atoms with Crippen LogP contribution in [0, 0.1) is 0 Å². The van der Waals surface area contributed by atoms with Crippen molar-refractivity contribution in [2.24, 2.45) is 0 Å². The molecule has 1 aliphatic carbocycles. The van der Waals surface area contributed by atoms with E-state index in [2.05, 4.69) is 4.72 Å². The smallest absolute Gasteiger partial charge is 0.212 e. The second-order valence-corrected chi connectivity index (χ2v) is 5.91. The van der Waals surface area contributed by atoms with Gasteiger partial charge in [-0.2, -0.15) is 0 Å². The number of nitrogens with one attached hydrogen (secondary N) is 1. The van der Waals surface area contributed by atoms with Crippen molar-refractivity contribution in [3.05, 3.63) is 0 Å². The highest BCUT2D eigenvalue weighted by molar-refractivity contribution is 7.89. The lowest BCUT2D eigenvalue weighted by Crippen LogP contribution is -2.56. The van der Waals surface area contributed by atoms with Crippen molar-refractivity contribution in [1.82, 2.24) is 4.72 Å². The van der Waals surface area contributed by atoms with Gasteiger partial charge in [-0.15, -0.1) is 0 Å². The lowest BCUT2D eigenvalue weighted by atomic mass is 9.78. The molecular weight excluding hydrogens is 202 g/mol. The van der Waals surface area contributed by atoms with E-state index in [1.807, 2.05) is 6.92 Å². The highest BCUT2D eigenvalue weighted by Gasteiger charge is 2.39. The fourth-order valence-corrected chi connectivity index (χ4v) is 3.31. The highest BCUT2D eigenvalue weighted by Crippen LogP contribution is 2.31. The van der Waals surface area contributed by atoms with Crippen molar-refractivity contribution in [3.8, 4) is 0 Å². The summed E-state index contributed by atoms with van der Waals surface area (Å²) in [6.07, 6.45) is 4.06. The summed E-state index contributed by atoms with van der Waals surface area (Å²) < 4.78 is 25.7. The van der Waals surface area contributed by atoms with Crippen LogP contribution in [0.25, 0.3) is 0 Å². The molecule has 0 saturated heterocycles. The van der Waals surface area contributed by atoms with Crippen molar-refractivity contribution < 1.29 is 13.5 Å². The molecule has 1 aliphatic rings. The van der Waals surface area contributed by atoms with Crippen LogP contribution in [0.1, 0.15) is 39.0 Å². The molecule has 0 aromatic rings. The van der Waals surface area contributed by atoms with Crippen molar-refractivity contribution in [1.29, 1.82) is 0 Å². The molecule has 0 bridgehead atoms. The fourth-order valence-electron chi connectivity index (χ4n) is 1.61. The Hall–Kier alpha value is -0.130. The minimum atomic E-state index is -3.18. The minimum Gasteiger partial charge on any atom is -0.394 e. The third-order valence-corrected chi connectivity index (χ3v) is 4.32. The van der Waals surface area contributed by atoms with Crippen molar-refractivity contribution in [3.63, 3.8) is 0 Å². The van der Waals surface area contributed by atoms with E-state index in [9.17, 15) is 8.42 Å². The molecule has 14 heavy (non-hydrogen) atoms. The van der Waals surface area contributed by atoms with E-state index in [0.29, 0.717) is 6.42 Å². The second kappa shape index (κ2) is 4.59. The number of hydrogen-bond donors (Lipinski definition) is 2. The molecule has 0 aromatic carbocycles. The normalized spacial score (nSPS) is 20.4. The molecule has 5 heteroatoms. The van der Waals surface area contributed by atoms with Gasteiger partial charge in [0.1, 0.15) is 0 Å². The largest absolute Gasteiger partial charge is 0.394 e. The molecule has 0 amide bonds. The van der Waals surface area contributed by atoms with Gasteiger partial charge >= 0.3 is 0 Å². The first-order chi connectivity index (χ1) is 6.54. The Morgan fingerprint density at radius 3 is 2.43 bits per heavy atom. The molecule has 0 heterocycles. The molecule has 0 aliphatic heterocycles. The number of sulfonamides is 1. The second-order valence-electron chi connectivity index (χ2n) is 4.07.